The maximum Gasteiger partial charge on any atom is 0.348 e. The van der Waals surface area contributed by atoms with Gasteiger partial charge in [-0.1, -0.05) is 13.8 Å². The number of hydrogen-bond acceptors (Lipinski definition) is 7. The molecule has 2 aromatic heterocycles. The van der Waals surface area contributed by atoms with E-state index >= 15 is 0 Å². The van der Waals surface area contributed by atoms with Gasteiger partial charge in [-0.3, -0.25) is 9.36 Å². The summed E-state index contributed by atoms with van der Waals surface area (Å²) < 4.78 is 11.5. The van der Waals surface area contributed by atoms with Crippen molar-refractivity contribution in [2.45, 2.75) is 46.6 Å². The van der Waals surface area contributed by atoms with Crippen molar-refractivity contribution < 1.29 is 19.1 Å². The van der Waals surface area contributed by atoms with E-state index in [1.807, 2.05) is 6.92 Å². The van der Waals surface area contributed by atoms with Crippen molar-refractivity contribution in [3.8, 4) is 0 Å². The quantitative estimate of drug-likeness (QED) is 0.700. The fourth-order valence-electron chi connectivity index (χ4n) is 2.53. The van der Waals surface area contributed by atoms with Crippen molar-refractivity contribution in [3.63, 3.8) is 0 Å². The van der Waals surface area contributed by atoms with Crippen LogP contribution in [0.4, 0.5) is 0 Å². The predicted octanol–water partition coefficient (Wildman–Crippen LogP) is 2.85. The van der Waals surface area contributed by atoms with Gasteiger partial charge in [-0.25, -0.2) is 14.6 Å². The van der Waals surface area contributed by atoms with Gasteiger partial charge in [0.1, 0.15) is 15.7 Å². The van der Waals surface area contributed by atoms with Crippen LogP contribution in [-0.2, 0) is 14.3 Å². The lowest BCUT2D eigenvalue weighted by molar-refractivity contribution is -0.147. The summed E-state index contributed by atoms with van der Waals surface area (Å²) in [6.07, 6.45) is 2.46. The SMILES string of the molecule is CCCOC(=O)[C@@H](CC)n1cnc2sc(C(=O)OCC)c(C)c2c1=O. The lowest BCUT2D eigenvalue weighted by Gasteiger charge is -2.16. The van der Waals surface area contributed by atoms with E-state index < -0.39 is 18.0 Å². The van der Waals surface area contributed by atoms with Crippen LogP contribution in [0.15, 0.2) is 11.1 Å². The normalized spacial score (nSPS) is 12.2. The molecular weight excluding hydrogens is 344 g/mol. The number of aromatic nitrogens is 2. The van der Waals surface area contributed by atoms with Crippen molar-refractivity contribution in [1.29, 1.82) is 0 Å². The maximum atomic E-state index is 12.9. The third-order valence-electron chi connectivity index (χ3n) is 3.78. The van der Waals surface area contributed by atoms with Gasteiger partial charge >= 0.3 is 11.9 Å². The van der Waals surface area contributed by atoms with E-state index in [-0.39, 0.29) is 12.2 Å². The summed E-state index contributed by atoms with van der Waals surface area (Å²) in [5, 5.41) is 0.345. The number of nitrogens with zero attached hydrogens (tertiary/aromatic N) is 2. The Labute approximate surface area is 149 Å². The molecule has 0 aromatic carbocycles. The fourth-order valence-corrected chi connectivity index (χ4v) is 3.56. The van der Waals surface area contributed by atoms with E-state index in [1.54, 1.807) is 20.8 Å². The van der Waals surface area contributed by atoms with Crippen molar-refractivity contribution in [2.75, 3.05) is 13.2 Å². The molecule has 0 aliphatic carbocycles. The summed E-state index contributed by atoms with van der Waals surface area (Å²) >= 11 is 1.12. The van der Waals surface area contributed by atoms with Crippen molar-refractivity contribution in [2.24, 2.45) is 0 Å². The lowest BCUT2D eigenvalue weighted by atomic mass is 10.2. The van der Waals surface area contributed by atoms with Gasteiger partial charge in [-0.15, -0.1) is 11.3 Å². The summed E-state index contributed by atoms with van der Waals surface area (Å²) in [5.74, 6) is -0.922. The zero-order valence-electron chi connectivity index (χ0n) is 14.8. The van der Waals surface area contributed by atoms with Crippen LogP contribution in [-0.4, -0.2) is 34.7 Å². The van der Waals surface area contributed by atoms with E-state index in [0.717, 1.165) is 11.3 Å². The number of hydrogen-bond donors (Lipinski definition) is 0. The highest BCUT2D eigenvalue weighted by atomic mass is 32.1. The molecule has 7 nitrogen and oxygen atoms in total. The number of carbonyl (C=O) groups excluding carboxylic acids is 2. The number of aryl methyl sites for hydroxylation is 1. The first-order chi connectivity index (χ1) is 12.0. The number of thiophene rings is 1. The summed E-state index contributed by atoms with van der Waals surface area (Å²) in [6, 6.07) is -0.735. The van der Waals surface area contributed by atoms with E-state index in [2.05, 4.69) is 4.98 Å². The largest absolute Gasteiger partial charge is 0.464 e. The molecule has 0 bridgehead atoms. The van der Waals surface area contributed by atoms with Crippen LogP contribution in [0.3, 0.4) is 0 Å². The van der Waals surface area contributed by atoms with Gasteiger partial charge in [-0.05, 0) is 32.3 Å². The summed E-state index contributed by atoms with van der Waals surface area (Å²) in [4.78, 5) is 42.2. The summed E-state index contributed by atoms with van der Waals surface area (Å²) in [7, 11) is 0. The van der Waals surface area contributed by atoms with Crippen LogP contribution < -0.4 is 5.56 Å². The zero-order valence-corrected chi connectivity index (χ0v) is 15.6. The van der Waals surface area contributed by atoms with Crippen molar-refractivity contribution in [1.82, 2.24) is 9.55 Å². The molecule has 8 heteroatoms. The molecule has 0 aliphatic rings. The highest BCUT2D eigenvalue weighted by Crippen LogP contribution is 2.28. The molecule has 0 unspecified atom stereocenters. The van der Waals surface area contributed by atoms with Crippen LogP contribution in [0.5, 0.6) is 0 Å². The average molecular weight is 366 g/mol. The molecular formula is C17H22N2O5S. The second-order valence-electron chi connectivity index (χ2n) is 5.51. The minimum absolute atomic E-state index is 0.255. The Kier molecular flexibility index (Phi) is 6.30. The predicted molar refractivity (Wildman–Crippen MR) is 95.2 cm³/mol. The van der Waals surface area contributed by atoms with Crippen LogP contribution >= 0.6 is 11.3 Å². The van der Waals surface area contributed by atoms with E-state index in [1.165, 1.54) is 10.9 Å². The zero-order chi connectivity index (χ0) is 18.6. The third kappa shape index (κ3) is 3.73. The summed E-state index contributed by atoms with van der Waals surface area (Å²) in [6.45, 7) is 7.68. The van der Waals surface area contributed by atoms with E-state index in [9.17, 15) is 14.4 Å². The van der Waals surface area contributed by atoms with Gasteiger partial charge in [0, 0.05) is 0 Å². The van der Waals surface area contributed by atoms with E-state index in [4.69, 9.17) is 9.47 Å². The number of fused-ring (bicyclic) bond motifs is 1. The second kappa shape index (κ2) is 8.24. The molecule has 0 N–H and O–H groups in total. The standard InChI is InChI=1S/C17H22N2O5S/c1-5-8-24-16(21)11(6-2)19-9-18-14-12(15(19)20)10(4)13(25-14)17(22)23-7-3/h9,11H,5-8H2,1-4H3/t11-/m1/s1. The Morgan fingerprint density at radius 1 is 1.28 bits per heavy atom. The van der Waals surface area contributed by atoms with Gasteiger partial charge in [0.25, 0.3) is 5.56 Å². The first kappa shape index (κ1) is 19.1. The molecule has 0 fully saturated rings. The highest BCUT2D eigenvalue weighted by molar-refractivity contribution is 7.20. The third-order valence-corrected chi connectivity index (χ3v) is 4.96. The molecule has 1 atom stereocenters. The molecule has 0 amide bonds. The van der Waals surface area contributed by atoms with Crippen LogP contribution in [0, 0.1) is 6.92 Å². The Morgan fingerprint density at radius 2 is 2.00 bits per heavy atom. The Hall–Kier alpha value is -2.22. The highest BCUT2D eigenvalue weighted by Gasteiger charge is 2.25. The first-order valence-electron chi connectivity index (χ1n) is 8.30. The smallest absolute Gasteiger partial charge is 0.348 e. The van der Waals surface area contributed by atoms with Crippen LogP contribution in [0.1, 0.15) is 54.9 Å². The van der Waals surface area contributed by atoms with Crippen molar-refractivity contribution >= 4 is 33.5 Å². The summed E-state index contributed by atoms with van der Waals surface area (Å²) in [5.41, 5.74) is 0.177. The maximum absolute atomic E-state index is 12.9. The molecule has 0 radical (unpaired) electrons. The molecule has 0 saturated carbocycles. The molecule has 2 rings (SSSR count). The minimum atomic E-state index is -0.735. The fraction of sp³-hybridized carbons (Fsp3) is 0.529. The Bertz CT molecular complexity index is 839. The van der Waals surface area contributed by atoms with Crippen molar-refractivity contribution in [3.05, 3.63) is 27.1 Å². The number of rotatable bonds is 7. The molecule has 0 spiro atoms. The lowest BCUT2D eigenvalue weighted by Crippen LogP contribution is -2.31. The molecule has 0 aliphatic heterocycles. The topological polar surface area (TPSA) is 87.5 Å². The van der Waals surface area contributed by atoms with Crippen LogP contribution in [0.25, 0.3) is 10.2 Å². The molecule has 0 saturated heterocycles. The molecule has 2 aromatic rings. The Balaban J connectivity index is 2.51. The van der Waals surface area contributed by atoms with Gasteiger partial charge in [0.2, 0.25) is 0 Å². The van der Waals surface area contributed by atoms with Gasteiger partial charge in [0.15, 0.2) is 0 Å². The monoisotopic (exact) mass is 366 g/mol. The molecule has 2 heterocycles. The van der Waals surface area contributed by atoms with Crippen LogP contribution in [0.2, 0.25) is 0 Å². The average Bonchev–Trinajstić information content (AvgIpc) is 2.93. The Morgan fingerprint density at radius 3 is 2.60 bits per heavy atom. The molecule has 136 valence electrons. The van der Waals surface area contributed by atoms with Gasteiger partial charge in [-0.2, -0.15) is 0 Å². The first-order valence-corrected chi connectivity index (χ1v) is 9.11. The van der Waals surface area contributed by atoms with Gasteiger partial charge < -0.3 is 9.47 Å². The number of ether oxygens (including phenoxy) is 2. The molecule has 25 heavy (non-hydrogen) atoms. The van der Waals surface area contributed by atoms with Gasteiger partial charge in [0.05, 0.1) is 24.9 Å². The van der Waals surface area contributed by atoms with E-state index in [0.29, 0.717) is 40.1 Å². The number of esters is 2. The minimum Gasteiger partial charge on any atom is -0.464 e. The number of carbonyl (C=O) groups is 2. The second-order valence-corrected chi connectivity index (χ2v) is 6.50.